The van der Waals surface area contributed by atoms with Crippen molar-refractivity contribution in [2.75, 3.05) is 20.3 Å². The van der Waals surface area contributed by atoms with Crippen LogP contribution in [0.5, 0.6) is 0 Å². The number of carboxylic acid groups (broad SMARTS) is 1. The lowest BCUT2D eigenvalue weighted by molar-refractivity contribution is -0.137. The topological polar surface area (TPSA) is 87.7 Å². The average Bonchev–Trinajstić information content (AvgIpc) is 2.30. The number of urea groups is 1. The van der Waals surface area contributed by atoms with Crippen LogP contribution in [0.2, 0.25) is 0 Å². The van der Waals surface area contributed by atoms with Gasteiger partial charge in [-0.1, -0.05) is 20.8 Å². The molecule has 6 heteroatoms. The molecule has 0 radical (unpaired) electrons. The Morgan fingerprint density at radius 2 is 1.86 bits per heavy atom. The first-order valence-corrected chi connectivity index (χ1v) is 7.49. The van der Waals surface area contributed by atoms with Crippen LogP contribution in [0.4, 0.5) is 4.79 Å². The highest BCUT2D eigenvalue weighted by molar-refractivity contribution is 5.75. The summed E-state index contributed by atoms with van der Waals surface area (Å²) in [4.78, 5) is 22.6. The predicted octanol–water partition coefficient (Wildman–Crippen LogP) is 2.38. The number of amides is 2. The number of methoxy groups -OCH3 is 1. The summed E-state index contributed by atoms with van der Waals surface area (Å²) < 4.78 is 4.95. The molecule has 0 fully saturated rings. The number of carbonyl (C=O) groups excluding carboxylic acids is 1. The lowest BCUT2D eigenvalue weighted by Gasteiger charge is -2.25. The van der Waals surface area contributed by atoms with E-state index in [1.54, 1.807) is 7.11 Å². The van der Waals surface area contributed by atoms with Crippen LogP contribution in [0.25, 0.3) is 0 Å². The standard InChI is InChI=1S/C15H30N2O4/c1-15(2,3)11-12(10-13(18)19)17-14(20)16-8-6-5-7-9-21-4/h12H,5-11H2,1-4H3,(H,18,19)(H2,16,17,20). The van der Waals surface area contributed by atoms with Crippen molar-refractivity contribution in [1.82, 2.24) is 10.6 Å². The molecule has 0 aliphatic carbocycles. The fourth-order valence-corrected chi connectivity index (χ4v) is 2.11. The van der Waals surface area contributed by atoms with Crippen LogP contribution in [-0.4, -0.2) is 43.4 Å². The molecule has 0 aliphatic rings. The number of hydrogen-bond acceptors (Lipinski definition) is 3. The monoisotopic (exact) mass is 302 g/mol. The molecule has 21 heavy (non-hydrogen) atoms. The molecule has 0 saturated heterocycles. The first kappa shape index (κ1) is 19.7. The van der Waals surface area contributed by atoms with E-state index in [-0.39, 0.29) is 23.9 Å². The number of carbonyl (C=O) groups is 2. The molecule has 0 rings (SSSR count). The van der Waals surface area contributed by atoms with Crippen LogP contribution in [-0.2, 0) is 9.53 Å². The van der Waals surface area contributed by atoms with Crippen molar-refractivity contribution in [3.05, 3.63) is 0 Å². The van der Waals surface area contributed by atoms with Gasteiger partial charge >= 0.3 is 12.0 Å². The van der Waals surface area contributed by atoms with Crippen LogP contribution in [0, 0.1) is 5.41 Å². The van der Waals surface area contributed by atoms with Gasteiger partial charge < -0.3 is 20.5 Å². The van der Waals surface area contributed by atoms with Crippen LogP contribution >= 0.6 is 0 Å². The van der Waals surface area contributed by atoms with E-state index in [9.17, 15) is 9.59 Å². The van der Waals surface area contributed by atoms with Gasteiger partial charge in [0.2, 0.25) is 0 Å². The highest BCUT2D eigenvalue weighted by Gasteiger charge is 2.22. The molecule has 6 nitrogen and oxygen atoms in total. The first-order valence-electron chi connectivity index (χ1n) is 7.49. The molecule has 0 aromatic rings. The van der Waals surface area contributed by atoms with Gasteiger partial charge in [0, 0.05) is 26.3 Å². The van der Waals surface area contributed by atoms with Gasteiger partial charge in [-0.25, -0.2) is 4.79 Å². The SMILES string of the molecule is COCCCCCNC(=O)NC(CC(=O)O)CC(C)(C)C. The molecule has 0 aromatic carbocycles. The van der Waals surface area contributed by atoms with Gasteiger partial charge in [0.05, 0.1) is 6.42 Å². The number of ether oxygens (including phenoxy) is 1. The summed E-state index contributed by atoms with van der Waals surface area (Å²) in [5.74, 6) is -0.899. The largest absolute Gasteiger partial charge is 0.481 e. The second-order valence-corrected chi connectivity index (χ2v) is 6.51. The number of unbranched alkanes of at least 4 members (excludes halogenated alkanes) is 2. The zero-order chi connectivity index (χ0) is 16.3. The minimum atomic E-state index is -0.899. The Morgan fingerprint density at radius 1 is 1.19 bits per heavy atom. The minimum absolute atomic E-state index is 0.0342. The summed E-state index contributed by atoms with van der Waals surface area (Å²) in [7, 11) is 1.67. The van der Waals surface area contributed by atoms with Gasteiger partial charge in [0.25, 0.3) is 0 Å². The molecule has 0 spiro atoms. The average molecular weight is 302 g/mol. The van der Waals surface area contributed by atoms with Crippen molar-refractivity contribution in [3.8, 4) is 0 Å². The van der Waals surface area contributed by atoms with Gasteiger partial charge in [-0.3, -0.25) is 4.79 Å². The lowest BCUT2D eigenvalue weighted by Crippen LogP contribution is -2.44. The second-order valence-electron chi connectivity index (χ2n) is 6.51. The quantitative estimate of drug-likeness (QED) is 0.541. The van der Waals surface area contributed by atoms with Gasteiger partial charge in [-0.15, -0.1) is 0 Å². The Labute approximate surface area is 127 Å². The second kappa shape index (κ2) is 10.4. The van der Waals surface area contributed by atoms with E-state index in [0.717, 1.165) is 25.9 Å². The van der Waals surface area contributed by atoms with E-state index in [2.05, 4.69) is 10.6 Å². The molecule has 2 amide bonds. The Kier molecular flexibility index (Phi) is 9.78. The molecule has 0 bridgehead atoms. The summed E-state index contributed by atoms with van der Waals surface area (Å²) in [5.41, 5.74) is -0.0342. The maximum Gasteiger partial charge on any atom is 0.315 e. The Morgan fingerprint density at radius 3 is 2.38 bits per heavy atom. The number of rotatable bonds is 10. The number of nitrogens with one attached hydrogen (secondary N) is 2. The zero-order valence-corrected chi connectivity index (χ0v) is 13.7. The van der Waals surface area contributed by atoms with Crippen LogP contribution in [0.3, 0.4) is 0 Å². The van der Waals surface area contributed by atoms with Crippen molar-refractivity contribution in [2.24, 2.45) is 5.41 Å². The molecular weight excluding hydrogens is 272 g/mol. The normalized spacial score (nSPS) is 12.8. The van der Waals surface area contributed by atoms with Crippen LogP contribution in [0.15, 0.2) is 0 Å². The maximum absolute atomic E-state index is 11.8. The highest BCUT2D eigenvalue weighted by Crippen LogP contribution is 2.22. The summed E-state index contributed by atoms with van der Waals surface area (Å²) in [5, 5.41) is 14.4. The van der Waals surface area contributed by atoms with E-state index in [1.807, 2.05) is 20.8 Å². The van der Waals surface area contributed by atoms with Gasteiger partial charge in [0.1, 0.15) is 0 Å². The molecule has 1 unspecified atom stereocenters. The fourth-order valence-electron chi connectivity index (χ4n) is 2.11. The molecule has 0 aliphatic heterocycles. The summed E-state index contributed by atoms with van der Waals surface area (Å²) in [6.07, 6.45) is 3.43. The molecule has 3 N–H and O–H groups in total. The van der Waals surface area contributed by atoms with Crippen molar-refractivity contribution in [3.63, 3.8) is 0 Å². The third-order valence-corrected chi connectivity index (χ3v) is 2.93. The van der Waals surface area contributed by atoms with Crippen molar-refractivity contribution in [2.45, 2.75) is 58.9 Å². The number of carboxylic acids is 1. The minimum Gasteiger partial charge on any atom is -0.481 e. The number of aliphatic carboxylic acids is 1. The first-order chi connectivity index (χ1) is 9.74. The van der Waals surface area contributed by atoms with E-state index in [1.165, 1.54) is 0 Å². The lowest BCUT2D eigenvalue weighted by atomic mass is 9.87. The summed E-state index contributed by atoms with van der Waals surface area (Å²) in [6.45, 7) is 7.40. The van der Waals surface area contributed by atoms with Gasteiger partial charge in [-0.05, 0) is 31.1 Å². The molecule has 124 valence electrons. The smallest absolute Gasteiger partial charge is 0.315 e. The van der Waals surface area contributed by atoms with Gasteiger partial charge in [0.15, 0.2) is 0 Å². The zero-order valence-electron chi connectivity index (χ0n) is 13.7. The maximum atomic E-state index is 11.8. The Hall–Kier alpha value is -1.30. The van der Waals surface area contributed by atoms with Crippen molar-refractivity contribution in [1.29, 1.82) is 0 Å². The van der Waals surface area contributed by atoms with E-state index in [4.69, 9.17) is 9.84 Å². The fraction of sp³-hybridized carbons (Fsp3) is 0.867. The predicted molar refractivity (Wildman–Crippen MR) is 82.4 cm³/mol. The highest BCUT2D eigenvalue weighted by atomic mass is 16.5. The summed E-state index contributed by atoms with van der Waals surface area (Å²) in [6, 6.07) is -0.645. The third kappa shape index (κ3) is 13.4. The molecule has 0 heterocycles. The van der Waals surface area contributed by atoms with E-state index < -0.39 is 5.97 Å². The van der Waals surface area contributed by atoms with Crippen molar-refractivity contribution < 1.29 is 19.4 Å². The van der Waals surface area contributed by atoms with Crippen LogP contribution < -0.4 is 10.6 Å². The molecule has 0 saturated carbocycles. The third-order valence-electron chi connectivity index (χ3n) is 2.93. The van der Waals surface area contributed by atoms with Crippen molar-refractivity contribution >= 4 is 12.0 Å². The van der Waals surface area contributed by atoms with Gasteiger partial charge in [-0.2, -0.15) is 0 Å². The number of hydrogen-bond donors (Lipinski definition) is 3. The molecular formula is C15H30N2O4. The summed E-state index contributed by atoms with van der Waals surface area (Å²) >= 11 is 0. The Bertz CT molecular complexity index is 313. The Balaban J connectivity index is 4.01. The molecule has 0 aromatic heterocycles. The van der Waals surface area contributed by atoms with E-state index >= 15 is 0 Å². The van der Waals surface area contributed by atoms with Crippen LogP contribution in [0.1, 0.15) is 52.9 Å². The molecule has 1 atom stereocenters. The van der Waals surface area contributed by atoms with E-state index in [0.29, 0.717) is 13.0 Å².